The average Bonchev–Trinajstić information content (AvgIpc) is 2.87. The van der Waals surface area contributed by atoms with Gasteiger partial charge in [0, 0.05) is 25.7 Å². The van der Waals surface area contributed by atoms with Crippen molar-refractivity contribution in [2.75, 3.05) is 6.61 Å². The van der Waals surface area contributed by atoms with Crippen molar-refractivity contribution in [2.24, 2.45) is 5.11 Å². The number of azide groups is 1. The standard InChI is InChI=1S/C24H26N3O11P/c1-15(28)32-14-20-22(33-16(2)29)23(34-17(3)30)21(26-27-25)24(35-20)38-39(31,36-18-10-6-4-7-11-18)37-19-12-8-5-9-13-19/h4-13,20-24H,14H2,1-3H3/t20-,21-,22+,23-,24?/m1/s1. The molecule has 0 saturated carbocycles. The van der Waals surface area contributed by atoms with E-state index in [2.05, 4.69) is 10.0 Å². The lowest BCUT2D eigenvalue weighted by molar-refractivity contribution is -0.255. The van der Waals surface area contributed by atoms with Gasteiger partial charge in [0.05, 0.1) is 0 Å². The summed E-state index contributed by atoms with van der Waals surface area (Å²) in [5.41, 5.74) is 9.27. The molecule has 0 aromatic heterocycles. The van der Waals surface area contributed by atoms with Gasteiger partial charge in [0.25, 0.3) is 0 Å². The minimum absolute atomic E-state index is 0.110. The summed E-state index contributed by atoms with van der Waals surface area (Å²) in [6.45, 7) is 2.82. The Bertz CT molecular complexity index is 1190. The highest BCUT2D eigenvalue weighted by molar-refractivity contribution is 7.49. The lowest BCUT2D eigenvalue weighted by Crippen LogP contribution is -2.61. The Balaban J connectivity index is 2.03. The Hall–Kier alpha value is -4.09. The Kier molecular flexibility index (Phi) is 10.3. The maximum Gasteiger partial charge on any atom is 0.589 e. The van der Waals surface area contributed by atoms with Crippen molar-refractivity contribution in [1.82, 2.24) is 0 Å². The van der Waals surface area contributed by atoms with Crippen molar-refractivity contribution >= 4 is 25.7 Å². The van der Waals surface area contributed by atoms with Gasteiger partial charge in [-0.1, -0.05) is 41.5 Å². The van der Waals surface area contributed by atoms with E-state index in [-0.39, 0.29) is 11.5 Å². The number of rotatable bonds is 11. The second-order valence-electron chi connectivity index (χ2n) is 8.05. The van der Waals surface area contributed by atoms with Crippen LogP contribution in [0.2, 0.25) is 0 Å². The molecule has 2 aromatic carbocycles. The second-order valence-corrected chi connectivity index (χ2v) is 9.52. The van der Waals surface area contributed by atoms with Crippen LogP contribution in [-0.4, -0.2) is 55.2 Å². The van der Waals surface area contributed by atoms with Gasteiger partial charge in [0.15, 0.2) is 18.5 Å². The third kappa shape index (κ3) is 8.72. The number of carbonyl (C=O) groups excluding carboxylic acids is 3. The second kappa shape index (κ2) is 13.6. The Morgan fingerprint density at radius 3 is 1.85 bits per heavy atom. The van der Waals surface area contributed by atoms with Crippen molar-refractivity contribution in [3.63, 3.8) is 0 Å². The fourth-order valence-electron chi connectivity index (χ4n) is 3.56. The summed E-state index contributed by atoms with van der Waals surface area (Å²) in [6, 6.07) is 14.3. The van der Waals surface area contributed by atoms with Crippen LogP contribution in [0.25, 0.3) is 10.4 Å². The van der Waals surface area contributed by atoms with E-state index < -0.39 is 63.0 Å². The minimum Gasteiger partial charge on any atom is -0.463 e. The van der Waals surface area contributed by atoms with E-state index in [1.165, 1.54) is 24.3 Å². The molecule has 0 N–H and O–H groups in total. The summed E-state index contributed by atoms with van der Waals surface area (Å²) in [5, 5.41) is 3.61. The van der Waals surface area contributed by atoms with Crippen LogP contribution < -0.4 is 9.05 Å². The molecule has 3 rings (SSSR count). The number of ether oxygens (including phenoxy) is 4. The number of esters is 3. The van der Waals surface area contributed by atoms with E-state index >= 15 is 0 Å². The van der Waals surface area contributed by atoms with Gasteiger partial charge >= 0.3 is 25.7 Å². The number of phosphoric ester groups is 1. The van der Waals surface area contributed by atoms with E-state index in [1.807, 2.05) is 0 Å². The summed E-state index contributed by atoms with van der Waals surface area (Å²) >= 11 is 0. The Labute approximate surface area is 223 Å². The minimum atomic E-state index is -4.63. The molecule has 0 amide bonds. The summed E-state index contributed by atoms with van der Waals surface area (Å²) in [6.07, 6.45) is -5.95. The van der Waals surface area contributed by atoms with Gasteiger partial charge in [0.2, 0.25) is 0 Å². The number of phosphoric acid groups is 1. The molecule has 0 bridgehead atoms. The molecule has 5 atom stereocenters. The average molecular weight is 563 g/mol. The molecule has 0 spiro atoms. The van der Waals surface area contributed by atoms with Gasteiger partial charge in [-0.25, -0.2) is 9.09 Å². The van der Waals surface area contributed by atoms with Crippen LogP contribution >= 0.6 is 7.82 Å². The first kappa shape index (κ1) is 29.5. The Morgan fingerprint density at radius 2 is 1.38 bits per heavy atom. The third-order valence-corrected chi connectivity index (χ3v) is 6.34. The zero-order valence-corrected chi connectivity index (χ0v) is 22.0. The number of nitrogens with zero attached hydrogens (tertiary/aromatic N) is 3. The topological polar surface area (TPSA) is 182 Å². The molecule has 14 nitrogen and oxygen atoms in total. The van der Waals surface area contributed by atoms with Gasteiger partial charge in [-0.05, 0) is 29.8 Å². The Morgan fingerprint density at radius 1 is 0.872 bits per heavy atom. The number of hydrogen-bond acceptors (Lipinski definition) is 12. The number of carbonyl (C=O) groups is 3. The SMILES string of the molecule is CC(=O)OC[C@H]1OC(OP(=O)(Oc2ccccc2)Oc2ccccc2)[C@H](N=[N+]=[N-])[C@@H](OC(C)=O)[C@H]1OC(C)=O. The van der Waals surface area contributed by atoms with Gasteiger partial charge in [-0.3, -0.25) is 14.4 Å². The van der Waals surface area contributed by atoms with Crippen LogP contribution in [0.1, 0.15) is 20.8 Å². The van der Waals surface area contributed by atoms with E-state index in [0.29, 0.717) is 0 Å². The molecule has 39 heavy (non-hydrogen) atoms. The largest absolute Gasteiger partial charge is 0.589 e. The molecular formula is C24H26N3O11P. The van der Waals surface area contributed by atoms with Crippen LogP contribution in [-0.2, 0) is 42.4 Å². The van der Waals surface area contributed by atoms with Gasteiger partial charge < -0.3 is 28.0 Å². The smallest absolute Gasteiger partial charge is 0.463 e. The van der Waals surface area contributed by atoms with E-state index in [9.17, 15) is 24.5 Å². The van der Waals surface area contributed by atoms with Crippen LogP contribution in [0.15, 0.2) is 65.8 Å². The first-order chi connectivity index (χ1) is 18.6. The summed E-state index contributed by atoms with van der Waals surface area (Å²) in [7, 11) is -4.63. The van der Waals surface area contributed by atoms with E-state index in [0.717, 1.165) is 20.8 Å². The highest BCUT2D eigenvalue weighted by Crippen LogP contribution is 2.52. The van der Waals surface area contributed by atoms with E-state index in [1.54, 1.807) is 36.4 Å². The normalized spacial score (nSPS) is 22.5. The quantitative estimate of drug-likeness (QED) is 0.0958. The van der Waals surface area contributed by atoms with Gasteiger partial charge in [0.1, 0.15) is 30.3 Å². The third-order valence-electron chi connectivity index (χ3n) is 5.01. The molecule has 0 radical (unpaired) electrons. The maximum atomic E-state index is 14.0. The van der Waals surface area contributed by atoms with Gasteiger partial charge in [-0.2, -0.15) is 0 Å². The zero-order chi connectivity index (χ0) is 28.4. The predicted octanol–water partition coefficient (Wildman–Crippen LogP) is 4.10. The lowest BCUT2D eigenvalue weighted by Gasteiger charge is -2.43. The fraction of sp³-hybridized carbons (Fsp3) is 0.375. The summed E-state index contributed by atoms with van der Waals surface area (Å²) in [5.74, 6) is -2.09. The van der Waals surface area contributed by atoms with Crippen LogP contribution in [0.4, 0.5) is 0 Å². The van der Waals surface area contributed by atoms with Crippen LogP contribution in [0.3, 0.4) is 0 Å². The molecule has 1 saturated heterocycles. The monoisotopic (exact) mass is 563 g/mol. The van der Waals surface area contributed by atoms with Gasteiger partial charge in [-0.15, -0.1) is 0 Å². The molecule has 1 aliphatic rings. The number of hydrogen-bond donors (Lipinski definition) is 0. The molecule has 15 heteroatoms. The van der Waals surface area contributed by atoms with Crippen molar-refractivity contribution in [2.45, 2.75) is 51.4 Å². The molecule has 208 valence electrons. The zero-order valence-electron chi connectivity index (χ0n) is 21.1. The fourth-order valence-corrected chi connectivity index (χ4v) is 4.88. The highest BCUT2D eigenvalue weighted by Gasteiger charge is 2.53. The number of benzene rings is 2. The molecule has 1 heterocycles. The van der Waals surface area contributed by atoms with Crippen molar-refractivity contribution in [3.05, 3.63) is 71.1 Å². The summed E-state index contributed by atoms with van der Waals surface area (Å²) < 4.78 is 52.4. The molecule has 1 fully saturated rings. The molecule has 1 aliphatic heterocycles. The lowest BCUT2D eigenvalue weighted by atomic mass is 9.97. The molecule has 0 aliphatic carbocycles. The van der Waals surface area contributed by atoms with Crippen molar-refractivity contribution < 1.29 is 51.5 Å². The predicted molar refractivity (Wildman–Crippen MR) is 132 cm³/mol. The first-order valence-corrected chi connectivity index (χ1v) is 13.0. The van der Waals surface area contributed by atoms with Crippen LogP contribution in [0.5, 0.6) is 11.5 Å². The van der Waals surface area contributed by atoms with Crippen molar-refractivity contribution in [3.8, 4) is 11.5 Å². The first-order valence-electron chi connectivity index (χ1n) is 11.6. The molecule has 1 unspecified atom stereocenters. The highest BCUT2D eigenvalue weighted by atomic mass is 31.2. The van der Waals surface area contributed by atoms with Crippen LogP contribution in [0, 0.1) is 0 Å². The van der Waals surface area contributed by atoms with E-state index in [4.69, 9.17) is 32.5 Å². The summed E-state index contributed by atoms with van der Waals surface area (Å²) in [4.78, 5) is 38.1. The maximum absolute atomic E-state index is 14.0. The number of para-hydroxylation sites is 2. The molecular weight excluding hydrogens is 537 g/mol. The molecule has 2 aromatic rings. The van der Waals surface area contributed by atoms with Crippen molar-refractivity contribution in [1.29, 1.82) is 0 Å².